The summed E-state index contributed by atoms with van der Waals surface area (Å²) in [6.07, 6.45) is 0. The van der Waals surface area contributed by atoms with Crippen LogP contribution in [0.15, 0.2) is 38.6 Å². The lowest BCUT2D eigenvalue weighted by Gasteiger charge is -2.06. The number of halogens is 1. The zero-order valence-electron chi connectivity index (χ0n) is 12.9. The molecule has 9 heteroatoms. The number of Topliss-reactive ketones (excluding diaryl/α,β-unsaturated/α-hetero) is 1. The Hall–Kier alpha value is -2.68. The van der Waals surface area contributed by atoms with Crippen molar-refractivity contribution in [3.63, 3.8) is 0 Å². The second-order valence-corrected chi connectivity index (χ2v) is 5.82. The molecule has 2 aromatic heterocycles. The standard InChI is InChI=1S/C15H13BrN4O4/c1-19-12-11(13(22)18-15(19)23)20(14(16)17-12)7-10(21)8-4-3-5-9(6-8)24-2/h3-6H,7H2,1-2H3,(H,18,22,23). The summed E-state index contributed by atoms with van der Waals surface area (Å²) < 4.78 is 8.04. The highest BCUT2D eigenvalue weighted by Gasteiger charge is 2.18. The first-order valence-corrected chi connectivity index (χ1v) is 7.74. The van der Waals surface area contributed by atoms with Crippen LogP contribution in [0.3, 0.4) is 0 Å². The van der Waals surface area contributed by atoms with E-state index in [-0.39, 0.29) is 23.5 Å². The molecule has 0 aliphatic rings. The highest BCUT2D eigenvalue weighted by molar-refractivity contribution is 9.10. The SMILES string of the molecule is COc1cccc(C(=O)Cn2c(Br)nc3c2c(=O)[nH]c(=O)n3C)c1. The van der Waals surface area contributed by atoms with Gasteiger partial charge in [0, 0.05) is 12.6 Å². The zero-order chi connectivity index (χ0) is 17.4. The molecular weight excluding hydrogens is 380 g/mol. The quantitative estimate of drug-likeness (QED) is 0.528. The average Bonchev–Trinajstić information content (AvgIpc) is 2.90. The van der Waals surface area contributed by atoms with Crippen molar-refractivity contribution in [1.82, 2.24) is 19.1 Å². The Morgan fingerprint density at radius 2 is 2.12 bits per heavy atom. The first-order chi connectivity index (χ1) is 11.4. The first-order valence-electron chi connectivity index (χ1n) is 6.94. The van der Waals surface area contributed by atoms with Gasteiger partial charge in [0.2, 0.25) is 0 Å². The Bertz CT molecular complexity index is 1060. The van der Waals surface area contributed by atoms with Crippen LogP contribution in [0.25, 0.3) is 11.2 Å². The second-order valence-electron chi connectivity index (χ2n) is 5.11. The van der Waals surface area contributed by atoms with Crippen molar-refractivity contribution < 1.29 is 9.53 Å². The number of rotatable bonds is 4. The molecule has 1 N–H and O–H groups in total. The van der Waals surface area contributed by atoms with E-state index in [0.29, 0.717) is 16.0 Å². The molecule has 0 unspecified atom stereocenters. The molecule has 1 aromatic carbocycles. The smallest absolute Gasteiger partial charge is 0.329 e. The minimum Gasteiger partial charge on any atom is -0.497 e. The number of carbonyl (C=O) groups is 1. The van der Waals surface area contributed by atoms with E-state index >= 15 is 0 Å². The topological polar surface area (TPSA) is 99.0 Å². The van der Waals surface area contributed by atoms with Crippen LogP contribution in [0.4, 0.5) is 0 Å². The van der Waals surface area contributed by atoms with Gasteiger partial charge in [-0.25, -0.2) is 9.78 Å². The van der Waals surface area contributed by atoms with Gasteiger partial charge in [0.25, 0.3) is 5.56 Å². The lowest BCUT2D eigenvalue weighted by Crippen LogP contribution is -2.29. The summed E-state index contributed by atoms with van der Waals surface area (Å²) in [6, 6.07) is 6.73. The van der Waals surface area contributed by atoms with Gasteiger partial charge >= 0.3 is 5.69 Å². The zero-order valence-corrected chi connectivity index (χ0v) is 14.5. The van der Waals surface area contributed by atoms with Gasteiger partial charge in [-0.15, -0.1) is 0 Å². The van der Waals surface area contributed by atoms with Crippen LogP contribution in [0.1, 0.15) is 10.4 Å². The molecular formula is C15H13BrN4O4. The number of nitrogens with one attached hydrogen (secondary N) is 1. The minimum absolute atomic E-state index is 0.106. The minimum atomic E-state index is -0.593. The van der Waals surface area contributed by atoms with Gasteiger partial charge < -0.3 is 9.30 Å². The van der Waals surface area contributed by atoms with Gasteiger partial charge in [-0.2, -0.15) is 0 Å². The predicted octanol–water partition coefficient (Wildman–Crippen LogP) is 1.08. The molecule has 0 saturated carbocycles. The number of nitrogens with zero attached hydrogens (tertiary/aromatic N) is 3. The predicted molar refractivity (Wildman–Crippen MR) is 90.6 cm³/mol. The normalized spacial score (nSPS) is 11.0. The number of methoxy groups -OCH3 is 1. The summed E-state index contributed by atoms with van der Waals surface area (Å²) in [5.41, 5.74) is -0.354. The number of imidazole rings is 1. The van der Waals surface area contributed by atoms with Crippen LogP contribution in [0.2, 0.25) is 0 Å². The monoisotopic (exact) mass is 392 g/mol. The van der Waals surface area contributed by atoms with Crippen molar-refractivity contribution in [3.05, 3.63) is 55.4 Å². The van der Waals surface area contributed by atoms with Crippen molar-refractivity contribution >= 4 is 32.9 Å². The van der Waals surface area contributed by atoms with Gasteiger partial charge in [0.05, 0.1) is 13.7 Å². The maximum Gasteiger partial charge on any atom is 0.329 e. The third-order valence-corrected chi connectivity index (χ3v) is 4.26. The summed E-state index contributed by atoms with van der Waals surface area (Å²) in [5.74, 6) is 0.345. The maximum atomic E-state index is 12.5. The summed E-state index contributed by atoms with van der Waals surface area (Å²) in [4.78, 5) is 42.7. The molecule has 0 amide bonds. The van der Waals surface area contributed by atoms with Crippen LogP contribution in [0.5, 0.6) is 5.75 Å². The van der Waals surface area contributed by atoms with Crippen molar-refractivity contribution in [2.24, 2.45) is 7.05 Å². The Morgan fingerprint density at radius 3 is 2.83 bits per heavy atom. The van der Waals surface area contributed by atoms with Crippen molar-refractivity contribution in [2.75, 3.05) is 7.11 Å². The largest absolute Gasteiger partial charge is 0.497 e. The van der Waals surface area contributed by atoms with Crippen molar-refractivity contribution in [3.8, 4) is 5.75 Å². The molecule has 8 nitrogen and oxygen atoms in total. The molecule has 0 aliphatic heterocycles. The summed E-state index contributed by atoms with van der Waals surface area (Å²) >= 11 is 3.24. The Labute approximate surface area is 143 Å². The van der Waals surface area contributed by atoms with Gasteiger partial charge in [0.1, 0.15) is 5.75 Å². The van der Waals surface area contributed by atoms with Crippen LogP contribution in [-0.2, 0) is 13.6 Å². The number of H-pyrrole nitrogens is 1. The number of carbonyl (C=O) groups excluding carboxylic acids is 1. The molecule has 3 aromatic rings. The molecule has 0 aliphatic carbocycles. The third kappa shape index (κ3) is 2.67. The highest BCUT2D eigenvalue weighted by Crippen LogP contribution is 2.18. The first kappa shape index (κ1) is 16.2. The Morgan fingerprint density at radius 1 is 1.38 bits per heavy atom. The second kappa shape index (κ2) is 6.08. The number of benzene rings is 1. The highest BCUT2D eigenvalue weighted by atomic mass is 79.9. The lowest BCUT2D eigenvalue weighted by molar-refractivity contribution is 0.0972. The molecule has 0 saturated heterocycles. The summed E-state index contributed by atoms with van der Waals surface area (Å²) in [6.45, 7) is -0.106. The number of hydrogen-bond donors (Lipinski definition) is 1. The molecule has 124 valence electrons. The number of ketones is 1. The van der Waals surface area contributed by atoms with Gasteiger partial charge in [0.15, 0.2) is 21.7 Å². The van der Waals surface area contributed by atoms with E-state index in [0.717, 1.165) is 0 Å². The number of ether oxygens (including phenoxy) is 1. The molecule has 0 radical (unpaired) electrons. The third-order valence-electron chi connectivity index (χ3n) is 3.65. The summed E-state index contributed by atoms with van der Waals surface area (Å²) in [7, 11) is 3.01. The van der Waals surface area contributed by atoms with E-state index in [4.69, 9.17) is 4.74 Å². The molecule has 3 rings (SSSR count). The number of aryl methyl sites for hydroxylation is 1. The van der Waals surface area contributed by atoms with Crippen LogP contribution in [-0.4, -0.2) is 32.0 Å². The Kier molecular flexibility index (Phi) is 4.10. The van der Waals surface area contributed by atoms with E-state index in [2.05, 4.69) is 25.9 Å². The molecule has 24 heavy (non-hydrogen) atoms. The fraction of sp³-hybridized carbons (Fsp3) is 0.200. The van der Waals surface area contributed by atoms with Gasteiger partial charge in [-0.05, 0) is 28.1 Å². The Balaban J connectivity index is 2.09. The molecule has 0 bridgehead atoms. The van der Waals surface area contributed by atoms with Crippen molar-refractivity contribution in [2.45, 2.75) is 6.54 Å². The molecule has 0 atom stereocenters. The van der Waals surface area contributed by atoms with E-state index in [9.17, 15) is 14.4 Å². The van der Waals surface area contributed by atoms with E-state index in [1.807, 2.05) is 0 Å². The maximum absolute atomic E-state index is 12.5. The fourth-order valence-electron chi connectivity index (χ4n) is 2.38. The van der Waals surface area contributed by atoms with Crippen LogP contribution < -0.4 is 16.0 Å². The van der Waals surface area contributed by atoms with E-state index in [1.165, 1.54) is 23.3 Å². The summed E-state index contributed by atoms with van der Waals surface area (Å²) in [5, 5.41) is 0. The van der Waals surface area contributed by atoms with Crippen molar-refractivity contribution in [1.29, 1.82) is 0 Å². The lowest BCUT2D eigenvalue weighted by atomic mass is 10.1. The van der Waals surface area contributed by atoms with Gasteiger partial charge in [-0.1, -0.05) is 12.1 Å². The number of hydrogen-bond acceptors (Lipinski definition) is 5. The van der Waals surface area contributed by atoms with Crippen LogP contribution >= 0.6 is 15.9 Å². The number of aromatic nitrogens is 4. The van der Waals surface area contributed by atoms with Gasteiger partial charge in [-0.3, -0.25) is 19.1 Å². The molecule has 2 heterocycles. The number of aromatic amines is 1. The van der Waals surface area contributed by atoms with E-state index in [1.54, 1.807) is 24.3 Å². The fourth-order valence-corrected chi connectivity index (χ4v) is 2.85. The number of fused-ring (bicyclic) bond motifs is 1. The average molecular weight is 393 g/mol. The van der Waals surface area contributed by atoms with E-state index < -0.39 is 11.2 Å². The molecule has 0 fully saturated rings. The van der Waals surface area contributed by atoms with Crippen LogP contribution in [0, 0.1) is 0 Å². The molecule has 0 spiro atoms.